The highest BCUT2D eigenvalue weighted by Crippen LogP contribution is 2.23. The van der Waals surface area contributed by atoms with Gasteiger partial charge in [-0.25, -0.2) is 8.78 Å². The lowest BCUT2D eigenvalue weighted by molar-refractivity contribution is 0.0743. The van der Waals surface area contributed by atoms with Gasteiger partial charge in [0.05, 0.1) is 11.6 Å². The van der Waals surface area contributed by atoms with Gasteiger partial charge in [-0.15, -0.1) is 0 Å². The summed E-state index contributed by atoms with van der Waals surface area (Å²) in [4.78, 5) is 17.7. The molecule has 1 aromatic carbocycles. The van der Waals surface area contributed by atoms with Crippen LogP contribution >= 0.6 is 0 Å². The molecule has 0 fully saturated rings. The van der Waals surface area contributed by atoms with Crippen LogP contribution in [-0.4, -0.2) is 22.8 Å². The van der Waals surface area contributed by atoms with Crippen molar-refractivity contribution in [1.82, 2.24) is 9.88 Å². The molecule has 0 bridgehead atoms. The van der Waals surface area contributed by atoms with Crippen LogP contribution < -0.4 is 5.73 Å². The molecule has 2 aromatic rings. The Balaban J connectivity index is 2.30. The number of halogens is 2. The molecule has 0 aliphatic heterocycles. The van der Waals surface area contributed by atoms with Crippen molar-refractivity contribution in [3.63, 3.8) is 0 Å². The Hall–Kier alpha value is -2.50. The van der Waals surface area contributed by atoms with E-state index in [2.05, 4.69) is 4.98 Å². The minimum absolute atomic E-state index is 0.0580. The molecule has 1 unspecified atom stereocenters. The summed E-state index contributed by atoms with van der Waals surface area (Å²) >= 11 is 0. The van der Waals surface area contributed by atoms with Gasteiger partial charge in [-0.2, -0.15) is 0 Å². The second-order valence-corrected chi connectivity index (χ2v) is 4.73. The van der Waals surface area contributed by atoms with Crippen LogP contribution in [0.15, 0.2) is 36.7 Å². The van der Waals surface area contributed by atoms with E-state index in [-0.39, 0.29) is 17.3 Å². The second-order valence-electron chi connectivity index (χ2n) is 4.73. The van der Waals surface area contributed by atoms with Crippen LogP contribution in [0, 0.1) is 11.6 Å². The molecule has 0 spiro atoms. The fraction of sp³-hybridized carbons (Fsp3) is 0.200. The molecule has 2 rings (SSSR count). The van der Waals surface area contributed by atoms with E-state index in [1.807, 2.05) is 6.92 Å². The van der Waals surface area contributed by atoms with Gasteiger partial charge in [0.1, 0.15) is 0 Å². The third-order valence-electron chi connectivity index (χ3n) is 3.41. The van der Waals surface area contributed by atoms with Crippen LogP contribution in [-0.2, 0) is 0 Å². The molecular formula is C15H15F2N3O. The first-order valence-electron chi connectivity index (χ1n) is 6.33. The minimum atomic E-state index is -1.10. The monoisotopic (exact) mass is 291 g/mol. The standard InChI is InChI=1S/C15H15F2N3O/c1-9(10-3-5-19-6-4-10)20(2)15(21)11-7-12(16)13(17)8-14(11)18/h3-9H,18H2,1-2H3. The molecule has 0 aliphatic carbocycles. The summed E-state index contributed by atoms with van der Waals surface area (Å²) in [7, 11) is 1.58. The average Bonchev–Trinajstić information content (AvgIpc) is 2.49. The normalized spacial score (nSPS) is 12.0. The Morgan fingerprint density at radius 2 is 1.81 bits per heavy atom. The number of nitrogen functional groups attached to an aromatic ring is 1. The molecule has 21 heavy (non-hydrogen) atoms. The lowest BCUT2D eigenvalue weighted by Crippen LogP contribution is -2.30. The van der Waals surface area contributed by atoms with Gasteiger partial charge in [0.15, 0.2) is 11.6 Å². The van der Waals surface area contributed by atoms with Gasteiger partial charge >= 0.3 is 0 Å². The third-order valence-corrected chi connectivity index (χ3v) is 3.41. The lowest BCUT2D eigenvalue weighted by atomic mass is 10.1. The number of hydrogen-bond acceptors (Lipinski definition) is 3. The van der Waals surface area contributed by atoms with Crippen molar-refractivity contribution in [3.8, 4) is 0 Å². The number of anilines is 1. The van der Waals surface area contributed by atoms with E-state index in [1.165, 1.54) is 4.90 Å². The van der Waals surface area contributed by atoms with Crippen LogP contribution in [0.4, 0.5) is 14.5 Å². The highest BCUT2D eigenvalue weighted by Gasteiger charge is 2.22. The van der Waals surface area contributed by atoms with Crippen molar-refractivity contribution in [2.45, 2.75) is 13.0 Å². The summed E-state index contributed by atoms with van der Waals surface area (Å²) in [5.74, 6) is -2.65. The topological polar surface area (TPSA) is 59.2 Å². The van der Waals surface area contributed by atoms with Crippen LogP contribution in [0.2, 0.25) is 0 Å². The molecule has 0 saturated heterocycles. The number of pyridine rings is 1. The first kappa shape index (κ1) is 14.9. The van der Waals surface area contributed by atoms with E-state index in [1.54, 1.807) is 31.6 Å². The zero-order valence-corrected chi connectivity index (χ0v) is 11.7. The maximum Gasteiger partial charge on any atom is 0.256 e. The molecule has 0 saturated carbocycles. The molecule has 1 heterocycles. The fourth-order valence-corrected chi connectivity index (χ4v) is 1.98. The van der Waals surface area contributed by atoms with Crippen molar-refractivity contribution >= 4 is 11.6 Å². The van der Waals surface area contributed by atoms with E-state index in [9.17, 15) is 13.6 Å². The van der Waals surface area contributed by atoms with Gasteiger partial charge in [0, 0.05) is 31.2 Å². The van der Waals surface area contributed by atoms with E-state index < -0.39 is 17.5 Å². The largest absolute Gasteiger partial charge is 0.398 e. The van der Waals surface area contributed by atoms with Crippen LogP contribution in [0.1, 0.15) is 28.9 Å². The number of carbonyl (C=O) groups excluding carboxylic acids is 1. The molecular weight excluding hydrogens is 276 g/mol. The summed E-state index contributed by atoms with van der Waals surface area (Å²) in [5.41, 5.74) is 6.33. The van der Waals surface area contributed by atoms with Crippen molar-refractivity contribution < 1.29 is 13.6 Å². The number of carbonyl (C=O) groups is 1. The van der Waals surface area contributed by atoms with E-state index in [4.69, 9.17) is 5.73 Å². The Morgan fingerprint density at radius 1 is 1.24 bits per heavy atom. The van der Waals surface area contributed by atoms with Gasteiger partial charge in [-0.1, -0.05) is 0 Å². The second kappa shape index (κ2) is 5.87. The average molecular weight is 291 g/mol. The first-order chi connectivity index (χ1) is 9.91. The number of aromatic nitrogens is 1. The molecule has 1 amide bonds. The summed E-state index contributed by atoms with van der Waals surface area (Å²) in [6.07, 6.45) is 3.24. The summed E-state index contributed by atoms with van der Waals surface area (Å²) < 4.78 is 26.4. The van der Waals surface area contributed by atoms with Gasteiger partial charge in [-0.05, 0) is 30.7 Å². The molecule has 0 radical (unpaired) electrons. The molecule has 6 heteroatoms. The number of benzene rings is 1. The Bertz CT molecular complexity index is 661. The SMILES string of the molecule is CC(c1ccncc1)N(C)C(=O)c1cc(F)c(F)cc1N. The number of nitrogens with zero attached hydrogens (tertiary/aromatic N) is 2. The van der Waals surface area contributed by atoms with Crippen molar-refractivity contribution in [2.75, 3.05) is 12.8 Å². The van der Waals surface area contributed by atoms with Gasteiger partial charge < -0.3 is 10.6 Å². The summed E-state index contributed by atoms with van der Waals surface area (Å²) in [5, 5.41) is 0. The minimum Gasteiger partial charge on any atom is -0.398 e. The van der Waals surface area contributed by atoms with Crippen LogP contribution in [0.5, 0.6) is 0 Å². The van der Waals surface area contributed by atoms with Crippen molar-refractivity contribution in [1.29, 1.82) is 0 Å². The Labute approximate surface area is 121 Å². The molecule has 0 aliphatic rings. The smallest absolute Gasteiger partial charge is 0.256 e. The number of hydrogen-bond donors (Lipinski definition) is 1. The van der Waals surface area contributed by atoms with Crippen LogP contribution in [0.3, 0.4) is 0 Å². The predicted molar refractivity (Wildman–Crippen MR) is 75.5 cm³/mol. The molecule has 2 N–H and O–H groups in total. The highest BCUT2D eigenvalue weighted by molar-refractivity contribution is 5.99. The summed E-state index contributed by atoms with van der Waals surface area (Å²) in [6, 6.07) is 4.94. The van der Waals surface area contributed by atoms with Crippen molar-refractivity contribution in [2.24, 2.45) is 0 Å². The van der Waals surface area contributed by atoms with Gasteiger partial charge in [0.2, 0.25) is 0 Å². The van der Waals surface area contributed by atoms with Crippen LogP contribution in [0.25, 0.3) is 0 Å². The lowest BCUT2D eigenvalue weighted by Gasteiger charge is -2.25. The van der Waals surface area contributed by atoms with Gasteiger partial charge in [-0.3, -0.25) is 9.78 Å². The van der Waals surface area contributed by atoms with Crippen molar-refractivity contribution in [3.05, 3.63) is 59.4 Å². The molecule has 1 aromatic heterocycles. The number of nitrogens with two attached hydrogens (primary N) is 1. The molecule has 4 nitrogen and oxygen atoms in total. The number of amides is 1. The fourth-order valence-electron chi connectivity index (χ4n) is 1.98. The van der Waals surface area contributed by atoms with E-state index >= 15 is 0 Å². The number of rotatable bonds is 3. The highest BCUT2D eigenvalue weighted by atomic mass is 19.2. The van der Waals surface area contributed by atoms with Gasteiger partial charge in [0.25, 0.3) is 5.91 Å². The quantitative estimate of drug-likeness (QED) is 0.885. The Kier molecular flexibility index (Phi) is 4.16. The molecule has 110 valence electrons. The maximum absolute atomic E-state index is 13.3. The zero-order valence-electron chi connectivity index (χ0n) is 11.7. The molecule has 1 atom stereocenters. The summed E-state index contributed by atoms with van der Waals surface area (Å²) in [6.45, 7) is 1.82. The first-order valence-corrected chi connectivity index (χ1v) is 6.33. The third kappa shape index (κ3) is 2.99. The van der Waals surface area contributed by atoms with E-state index in [0.29, 0.717) is 0 Å². The zero-order chi connectivity index (χ0) is 15.6. The maximum atomic E-state index is 13.3. The Morgan fingerprint density at radius 3 is 2.43 bits per heavy atom. The van der Waals surface area contributed by atoms with E-state index in [0.717, 1.165) is 17.7 Å². The predicted octanol–water partition coefficient (Wildman–Crippen LogP) is 2.78.